The van der Waals surface area contributed by atoms with E-state index in [9.17, 15) is 4.79 Å². The lowest BCUT2D eigenvalue weighted by Gasteiger charge is -2.15. The van der Waals surface area contributed by atoms with Crippen LogP contribution in [0.5, 0.6) is 17.2 Å². The lowest BCUT2D eigenvalue weighted by Crippen LogP contribution is -2.01. The SMILES string of the molecule is C=C(C)Oc1ccc(C(=O)/C=C/c2cc(CCC)c(OCC)cc2OCC)cc1. The van der Waals surface area contributed by atoms with Crippen LogP contribution in [0.2, 0.25) is 0 Å². The van der Waals surface area contributed by atoms with Crippen molar-refractivity contribution in [1.29, 1.82) is 0 Å². The molecular formula is C25H30O4. The summed E-state index contributed by atoms with van der Waals surface area (Å²) in [5.74, 6) is 2.73. The fraction of sp³-hybridized carbons (Fsp3) is 0.320. The quantitative estimate of drug-likeness (QED) is 0.257. The first-order chi connectivity index (χ1) is 14.0. The molecule has 2 aromatic rings. The van der Waals surface area contributed by atoms with Crippen molar-refractivity contribution < 1.29 is 19.0 Å². The topological polar surface area (TPSA) is 44.8 Å². The third kappa shape index (κ3) is 6.53. The molecule has 29 heavy (non-hydrogen) atoms. The molecule has 0 aliphatic carbocycles. The van der Waals surface area contributed by atoms with Gasteiger partial charge in [0.25, 0.3) is 0 Å². The number of allylic oxidation sites excluding steroid dienone is 2. The summed E-state index contributed by atoms with van der Waals surface area (Å²) >= 11 is 0. The van der Waals surface area contributed by atoms with Gasteiger partial charge < -0.3 is 14.2 Å². The largest absolute Gasteiger partial charge is 0.493 e. The molecule has 0 heterocycles. The summed E-state index contributed by atoms with van der Waals surface area (Å²) in [5.41, 5.74) is 2.58. The van der Waals surface area contributed by atoms with E-state index < -0.39 is 0 Å². The number of hydrogen-bond donors (Lipinski definition) is 0. The molecule has 0 fully saturated rings. The van der Waals surface area contributed by atoms with Gasteiger partial charge in [0.05, 0.1) is 19.0 Å². The van der Waals surface area contributed by atoms with E-state index in [-0.39, 0.29) is 5.78 Å². The first-order valence-corrected chi connectivity index (χ1v) is 10.1. The van der Waals surface area contributed by atoms with Crippen molar-refractivity contribution in [2.45, 2.75) is 40.5 Å². The highest BCUT2D eigenvalue weighted by atomic mass is 16.5. The molecule has 0 amide bonds. The predicted octanol–water partition coefficient (Wildman–Crippen LogP) is 6.25. The number of benzene rings is 2. The van der Waals surface area contributed by atoms with Gasteiger partial charge in [0.15, 0.2) is 5.78 Å². The lowest BCUT2D eigenvalue weighted by atomic mass is 10.0. The summed E-state index contributed by atoms with van der Waals surface area (Å²) in [6, 6.07) is 11.0. The Kier molecular flexibility index (Phi) is 8.53. The molecule has 154 valence electrons. The van der Waals surface area contributed by atoms with E-state index >= 15 is 0 Å². The van der Waals surface area contributed by atoms with Crippen molar-refractivity contribution in [3.05, 3.63) is 71.5 Å². The number of aryl methyl sites for hydroxylation is 1. The fourth-order valence-electron chi connectivity index (χ4n) is 2.94. The molecule has 0 unspecified atom stereocenters. The molecule has 4 heteroatoms. The van der Waals surface area contributed by atoms with Gasteiger partial charge in [-0.1, -0.05) is 19.9 Å². The van der Waals surface area contributed by atoms with Gasteiger partial charge in [-0.05, 0) is 75.2 Å². The van der Waals surface area contributed by atoms with Crippen LogP contribution >= 0.6 is 0 Å². The molecule has 2 rings (SSSR count). The Bertz CT molecular complexity index is 863. The summed E-state index contributed by atoms with van der Waals surface area (Å²) in [5, 5.41) is 0. The van der Waals surface area contributed by atoms with Crippen molar-refractivity contribution in [3.63, 3.8) is 0 Å². The molecule has 0 atom stereocenters. The van der Waals surface area contributed by atoms with Crippen LogP contribution in [0.25, 0.3) is 6.08 Å². The van der Waals surface area contributed by atoms with Crippen molar-refractivity contribution in [2.24, 2.45) is 0 Å². The third-order valence-electron chi connectivity index (χ3n) is 4.16. The lowest BCUT2D eigenvalue weighted by molar-refractivity contribution is 0.104. The van der Waals surface area contributed by atoms with Crippen LogP contribution < -0.4 is 14.2 Å². The molecule has 0 aliphatic heterocycles. The van der Waals surface area contributed by atoms with E-state index in [4.69, 9.17) is 14.2 Å². The zero-order chi connectivity index (χ0) is 21.2. The summed E-state index contributed by atoms with van der Waals surface area (Å²) in [4.78, 5) is 12.6. The Balaban J connectivity index is 2.27. The predicted molar refractivity (Wildman–Crippen MR) is 118 cm³/mol. The minimum atomic E-state index is -0.0831. The Morgan fingerprint density at radius 2 is 1.66 bits per heavy atom. The van der Waals surface area contributed by atoms with E-state index in [2.05, 4.69) is 13.5 Å². The zero-order valence-corrected chi connectivity index (χ0v) is 17.8. The standard InChI is InChI=1S/C25H30O4/c1-6-9-20-16-21(25(28-8-3)17-24(20)27-7-2)12-15-23(26)19-10-13-22(14-11-19)29-18(4)5/h10-17H,4,6-9H2,1-3,5H3/b15-12+. The summed E-state index contributed by atoms with van der Waals surface area (Å²) in [6.45, 7) is 12.7. The summed E-state index contributed by atoms with van der Waals surface area (Å²) < 4.78 is 17.0. The zero-order valence-electron chi connectivity index (χ0n) is 17.8. The molecule has 0 saturated heterocycles. The van der Waals surface area contributed by atoms with Gasteiger partial charge in [0.1, 0.15) is 17.2 Å². The first kappa shape index (κ1) is 22.3. The van der Waals surface area contributed by atoms with Gasteiger partial charge in [-0.2, -0.15) is 0 Å². The Morgan fingerprint density at radius 3 is 2.24 bits per heavy atom. The minimum Gasteiger partial charge on any atom is -0.493 e. The molecule has 0 bridgehead atoms. The van der Waals surface area contributed by atoms with Crippen LogP contribution in [0.1, 0.15) is 55.6 Å². The van der Waals surface area contributed by atoms with Gasteiger partial charge in [0, 0.05) is 17.2 Å². The van der Waals surface area contributed by atoms with Crippen LogP contribution in [0.3, 0.4) is 0 Å². The molecule has 4 nitrogen and oxygen atoms in total. The molecule has 0 radical (unpaired) electrons. The van der Waals surface area contributed by atoms with Gasteiger partial charge in [0.2, 0.25) is 0 Å². The Morgan fingerprint density at radius 1 is 1.00 bits per heavy atom. The fourth-order valence-corrected chi connectivity index (χ4v) is 2.94. The maximum atomic E-state index is 12.6. The Hall–Kier alpha value is -3.01. The molecular weight excluding hydrogens is 364 g/mol. The highest BCUT2D eigenvalue weighted by molar-refractivity contribution is 6.07. The normalized spacial score (nSPS) is 10.8. The Labute approximate surface area is 173 Å². The van der Waals surface area contributed by atoms with Crippen molar-refractivity contribution in [1.82, 2.24) is 0 Å². The maximum Gasteiger partial charge on any atom is 0.185 e. The van der Waals surface area contributed by atoms with Crippen LogP contribution in [-0.2, 0) is 6.42 Å². The van der Waals surface area contributed by atoms with Gasteiger partial charge >= 0.3 is 0 Å². The van der Waals surface area contributed by atoms with Crippen LogP contribution in [0.4, 0.5) is 0 Å². The highest BCUT2D eigenvalue weighted by Gasteiger charge is 2.11. The van der Waals surface area contributed by atoms with E-state index in [1.54, 1.807) is 43.3 Å². The molecule has 0 N–H and O–H groups in total. The number of rotatable bonds is 11. The number of ketones is 1. The average molecular weight is 395 g/mol. The summed E-state index contributed by atoms with van der Waals surface area (Å²) in [6.07, 6.45) is 5.29. The van der Waals surface area contributed by atoms with Crippen LogP contribution in [0, 0.1) is 0 Å². The molecule has 0 saturated carbocycles. The van der Waals surface area contributed by atoms with Crippen molar-refractivity contribution in [3.8, 4) is 17.2 Å². The molecule has 2 aromatic carbocycles. The van der Waals surface area contributed by atoms with Gasteiger partial charge in [-0.25, -0.2) is 0 Å². The van der Waals surface area contributed by atoms with Gasteiger partial charge in [-0.15, -0.1) is 0 Å². The van der Waals surface area contributed by atoms with Crippen molar-refractivity contribution >= 4 is 11.9 Å². The third-order valence-corrected chi connectivity index (χ3v) is 4.16. The van der Waals surface area contributed by atoms with E-state index in [1.165, 1.54) is 0 Å². The van der Waals surface area contributed by atoms with E-state index in [0.717, 1.165) is 29.7 Å². The molecule has 0 spiro atoms. The number of hydrogen-bond acceptors (Lipinski definition) is 4. The molecule has 0 aliphatic rings. The summed E-state index contributed by atoms with van der Waals surface area (Å²) in [7, 11) is 0. The van der Waals surface area contributed by atoms with Crippen LogP contribution in [-0.4, -0.2) is 19.0 Å². The maximum absolute atomic E-state index is 12.6. The second-order valence-corrected chi connectivity index (χ2v) is 6.64. The monoisotopic (exact) mass is 394 g/mol. The first-order valence-electron chi connectivity index (χ1n) is 10.1. The second-order valence-electron chi connectivity index (χ2n) is 6.64. The minimum absolute atomic E-state index is 0.0831. The number of ether oxygens (including phenoxy) is 3. The van der Waals surface area contributed by atoms with Crippen LogP contribution in [0.15, 0.2) is 54.8 Å². The van der Waals surface area contributed by atoms with E-state index in [1.807, 2.05) is 26.0 Å². The van der Waals surface area contributed by atoms with Crippen molar-refractivity contribution in [2.75, 3.05) is 13.2 Å². The highest BCUT2D eigenvalue weighted by Crippen LogP contribution is 2.31. The second kappa shape index (κ2) is 11.1. The molecule has 0 aromatic heterocycles. The smallest absolute Gasteiger partial charge is 0.185 e. The number of carbonyl (C=O) groups is 1. The van der Waals surface area contributed by atoms with E-state index in [0.29, 0.717) is 36.0 Å². The average Bonchev–Trinajstić information content (AvgIpc) is 2.69. The number of carbonyl (C=O) groups excluding carboxylic acids is 1. The van der Waals surface area contributed by atoms with Gasteiger partial charge in [-0.3, -0.25) is 4.79 Å².